The first-order chi connectivity index (χ1) is 10.7. The van der Waals surface area contributed by atoms with Gasteiger partial charge in [-0.3, -0.25) is 9.78 Å². The summed E-state index contributed by atoms with van der Waals surface area (Å²) in [5, 5.41) is 7.34. The average molecular weight is 314 g/mol. The highest BCUT2D eigenvalue weighted by Crippen LogP contribution is 2.10. The number of carbonyl (C=O) groups excluding carboxylic acids is 1. The van der Waals surface area contributed by atoms with Crippen LogP contribution in [0, 0.1) is 0 Å². The summed E-state index contributed by atoms with van der Waals surface area (Å²) in [4.78, 5) is 19.9. The van der Waals surface area contributed by atoms with Gasteiger partial charge in [0.1, 0.15) is 18.3 Å². The maximum atomic E-state index is 12.0. The quantitative estimate of drug-likeness (QED) is 0.802. The van der Waals surface area contributed by atoms with Gasteiger partial charge >= 0.3 is 0 Å². The maximum Gasteiger partial charge on any atom is 0.270 e. The number of nitrogens with one attached hydrogen (secondary N) is 1. The molecule has 3 rings (SSSR count). The predicted molar refractivity (Wildman–Crippen MR) is 81.8 cm³/mol. The fraction of sp³-hybridized carbons (Fsp3) is 0.0667. The zero-order valence-electron chi connectivity index (χ0n) is 11.5. The molecule has 1 aromatic carbocycles. The van der Waals surface area contributed by atoms with E-state index >= 15 is 0 Å². The third kappa shape index (κ3) is 3.29. The molecule has 22 heavy (non-hydrogen) atoms. The van der Waals surface area contributed by atoms with E-state index in [0.29, 0.717) is 17.3 Å². The Morgan fingerprint density at radius 3 is 2.73 bits per heavy atom. The first kappa shape index (κ1) is 14.2. The molecule has 0 aliphatic rings. The van der Waals surface area contributed by atoms with Crippen molar-refractivity contribution in [2.75, 3.05) is 0 Å². The Hall–Kier alpha value is -2.73. The zero-order chi connectivity index (χ0) is 15.4. The Labute approximate surface area is 131 Å². The molecular weight excluding hydrogens is 302 g/mol. The van der Waals surface area contributed by atoms with Gasteiger partial charge in [-0.15, -0.1) is 0 Å². The van der Waals surface area contributed by atoms with Gasteiger partial charge in [0.15, 0.2) is 0 Å². The lowest BCUT2D eigenvalue weighted by Gasteiger charge is -2.06. The van der Waals surface area contributed by atoms with E-state index < -0.39 is 0 Å². The van der Waals surface area contributed by atoms with Crippen LogP contribution in [0.4, 0.5) is 0 Å². The largest absolute Gasteiger partial charge is 0.347 e. The van der Waals surface area contributed by atoms with Crippen LogP contribution in [-0.4, -0.2) is 25.7 Å². The second-order valence-corrected chi connectivity index (χ2v) is 4.98. The number of nitrogens with zero attached hydrogens (tertiary/aromatic N) is 4. The summed E-state index contributed by atoms with van der Waals surface area (Å²) in [5.41, 5.74) is 2.18. The fourth-order valence-corrected chi connectivity index (χ4v) is 2.07. The van der Waals surface area contributed by atoms with E-state index in [1.165, 1.54) is 18.6 Å². The summed E-state index contributed by atoms with van der Waals surface area (Å²) < 4.78 is 1.66. The van der Waals surface area contributed by atoms with Crippen molar-refractivity contribution in [3.8, 4) is 5.69 Å². The molecule has 6 nitrogen and oxygen atoms in total. The number of hydrogen-bond acceptors (Lipinski definition) is 4. The van der Waals surface area contributed by atoms with Gasteiger partial charge in [-0.25, -0.2) is 9.67 Å². The predicted octanol–water partition coefficient (Wildman–Crippen LogP) is 2.25. The summed E-state index contributed by atoms with van der Waals surface area (Å²) in [7, 11) is 0. The van der Waals surface area contributed by atoms with Crippen LogP contribution in [-0.2, 0) is 6.54 Å². The number of carbonyl (C=O) groups is 1. The first-order valence-electron chi connectivity index (χ1n) is 6.56. The van der Waals surface area contributed by atoms with Crippen LogP contribution in [0.1, 0.15) is 16.1 Å². The Kier molecular flexibility index (Phi) is 4.11. The number of benzene rings is 1. The zero-order valence-corrected chi connectivity index (χ0v) is 12.2. The van der Waals surface area contributed by atoms with E-state index in [1.807, 2.05) is 24.3 Å². The fourth-order valence-electron chi connectivity index (χ4n) is 1.91. The van der Waals surface area contributed by atoms with Crippen LogP contribution in [0.5, 0.6) is 0 Å². The molecule has 2 heterocycles. The molecule has 0 aliphatic heterocycles. The van der Waals surface area contributed by atoms with Gasteiger partial charge in [-0.05, 0) is 29.8 Å². The molecule has 0 unspecified atom stereocenters. The normalized spacial score (nSPS) is 10.4. The van der Waals surface area contributed by atoms with Crippen LogP contribution >= 0.6 is 11.6 Å². The molecule has 7 heteroatoms. The molecule has 1 N–H and O–H groups in total. The van der Waals surface area contributed by atoms with Gasteiger partial charge in [-0.1, -0.05) is 23.7 Å². The van der Waals surface area contributed by atoms with Crippen molar-refractivity contribution >= 4 is 17.5 Å². The number of aromatic nitrogens is 4. The number of hydrogen-bond donors (Lipinski definition) is 1. The summed E-state index contributed by atoms with van der Waals surface area (Å²) in [5.74, 6) is -0.261. The van der Waals surface area contributed by atoms with Gasteiger partial charge in [0.25, 0.3) is 5.91 Å². The van der Waals surface area contributed by atoms with Gasteiger partial charge < -0.3 is 5.32 Å². The second-order valence-electron chi connectivity index (χ2n) is 4.55. The molecule has 2 aromatic heterocycles. The van der Waals surface area contributed by atoms with Crippen LogP contribution in [0.2, 0.25) is 5.02 Å². The smallest absolute Gasteiger partial charge is 0.270 e. The van der Waals surface area contributed by atoms with Gasteiger partial charge in [0.2, 0.25) is 0 Å². The van der Waals surface area contributed by atoms with E-state index in [0.717, 1.165) is 11.3 Å². The third-order valence-electron chi connectivity index (χ3n) is 3.03. The second kappa shape index (κ2) is 6.36. The lowest BCUT2D eigenvalue weighted by molar-refractivity contribution is 0.0946. The number of amides is 1. The SMILES string of the molecule is O=C(NCc1ccc(-n2cncn2)cc1)c1cc(Cl)ccn1. The van der Waals surface area contributed by atoms with Crippen LogP contribution < -0.4 is 5.32 Å². The number of pyridine rings is 1. The highest BCUT2D eigenvalue weighted by atomic mass is 35.5. The Morgan fingerprint density at radius 1 is 1.23 bits per heavy atom. The Bertz CT molecular complexity index is 771. The summed E-state index contributed by atoms with van der Waals surface area (Å²) in [6.45, 7) is 0.407. The standard InChI is InChI=1S/C15H12ClN5O/c16-12-5-6-18-14(7-12)15(22)19-8-11-1-3-13(4-2-11)21-10-17-9-20-21/h1-7,9-10H,8H2,(H,19,22). The summed E-state index contributed by atoms with van der Waals surface area (Å²) in [6.07, 6.45) is 4.61. The third-order valence-corrected chi connectivity index (χ3v) is 3.26. The Balaban J connectivity index is 1.63. The van der Waals surface area contributed by atoms with Crippen LogP contribution in [0.15, 0.2) is 55.2 Å². The van der Waals surface area contributed by atoms with Crippen molar-refractivity contribution < 1.29 is 4.79 Å². The van der Waals surface area contributed by atoms with Crippen molar-refractivity contribution in [2.24, 2.45) is 0 Å². The Morgan fingerprint density at radius 2 is 2.05 bits per heavy atom. The number of rotatable bonds is 4. The summed E-state index contributed by atoms with van der Waals surface area (Å²) in [6, 6.07) is 10.8. The monoisotopic (exact) mass is 313 g/mol. The van der Waals surface area contributed by atoms with E-state index in [-0.39, 0.29) is 5.91 Å². The average Bonchev–Trinajstić information content (AvgIpc) is 3.07. The molecule has 0 fully saturated rings. The van der Waals surface area contributed by atoms with Crippen LogP contribution in [0.3, 0.4) is 0 Å². The molecule has 0 spiro atoms. The lowest BCUT2D eigenvalue weighted by atomic mass is 10.2. The highest BCUT2D eigenvalue weighted by molar-refractivity contribution is 6.30. The molecular formula is C15H12ClN5O. The number of halogens is 1. The van der Waals surface area contributed by atoms with Crippen LogP contribution in [0.25, 0.3) is 5.69 Å². The molecule has 110 valence electrons. The highest BCUT2D eigenvalue weighted by Gasteiger charge is 2.07. The first-order valence-corrected chi connectivity index (χ1v) is 6.94. The molecule has 0 atom stereocenters. The van der Waals surface area contributed by atoms with Crippen molar-refractivity contribution in [1.29, 1.82) is 0 Å². The van der Waals surface area contributed by atoms with E-state index in [1.54, 1.807) is 17.1 Å². The lowest BCUT2D eigenvalue weighted by Crippen LogP contribution is -2.23. The van der Waals surface area contributed by atoms with Gasteiger partial charge in [-0.2, -0.15) is 5.10 Å². The minimum absolute atomic E-state index is 0.261. The minimum atomic E-state index is -0.261. The topological polar surface area (TPSA) is 72.7 Å². The molecule has 0 bridgehead atoms. The summed E-state index contributed by atoms with van der Waals surface area (Å²) >= 11 is 5.84. The maximum absolute atomic E-state index is 12.0. The van der Waals surface area contributed by atoms with Crippen molar-refractivity contribution in [3.05, 3.63) is 71.5 Å². The minimum Gasteiger partial charge on any atom is -0.347 e. The van der Waals surface area contributed by atoms with Gasteiger partial charge in [0.05, 0.1) is 5.69 Å². The van der Waals surface area contributed by atoms with Crippen molar-refractivity contribution in [3.63, 3.8) is 0 Å². The van der Waals surface area contributed by atoms with E-state index in [9.17, 15) is 4.79 Å². The molecule has 0 saturated heterocycles. The molecule has 0 saturated carbocycles. The van der Waals surface area contributed by atoms with Gasteiger partial charge in [0, 0.05) is 17.8 Å². The molecule has 0 aliphatic carbocycles. The van der Waals surface area contributed by atoms with Crippen molar-refractivity contribution in [2.45, 2.75) is 6.54 Å². The van der Waals surface area contributed by atoms with E-state index in [2.05, 4.69) is 20.4 Å². The molecule has 0 radical (unpaired) electrons. The molecule has 3 aromatic rings. The van der Waals surface area contributed by atoms with Crippen molar-refractivity contribution in [1.82, 2.24) is 25.1 Å². The van der Waals surface area contributed by atoms with E-state index in [4.69, 9.17) is 11.6 Å². The molecule has 1 amide bonds.